The van der Waals surface area contributed by atoms with E-state index >= 15 is 0 Å². The molecule has 0 aliphatic heterocycles. The van der Waals surface area contributed by atoms with Crippen molar-refractivity contribution < 1.29 is 8.42 Å². The van der Waals surface area contributed by atoms with Gasteiger partial charge in [-0.3, -0.25) is 0 Å². The Labute approximate surface area is 102 Å². The second-order valence-electron chi connectivity index (χ2n) is 3.74. The van der Waals surface area contributed by atoms with E-state index in [-0.39, 0.29) is 0 Å². The summed E-state index contributed by atoms with van der Waals surface area (Å²) >= 11 is 1.30. The molecule has 0 bridgehead atoms. The van der Waals surface area contributed by atoms with Crippen molar-refractivity contribution in [2.24, 2.45) is 0 Å². The predicted molar refractivity (Wildman–Crippen MR) is 68.4 cm³/mol. The summed E-state index contributed by atoms with van der Waals surface area (Å²) in [5, 5.41) is 1.83. The van der Waals surface area contributed by atoms with Crippen LogP contribution in [0.15, 0.2) is 15.7 Å². The van der Waals surface area contributed by atoms with E-state index in [2.05, 4.69) is 6.92 Å². The van der Waals surface area contributed by atoms with E-state index in [4.69, 9.17) is 0 Å². The molecule has 1 aromatic rings. The molecule has 3 nitrogen and oxygen atoms in total. The molecule has 0 spiro atoms. The van der Waals surface area contributed by atoms with Gasteiger partial charge in [0, 0.05) is 13.1 Å². The van der Waals surface area contributed by atoms with Gasteiger partial charge < -0.3 is 0 Å². The van der Waals surface area contributed by atoms with Gasteiger partial charge in [0.2, 0.25) is 0 Å². The molecule has 1 aromatic heterocycles. The summed E-state index contributed by atoms with van der Waals surface area (Å²) in [5.41, 5.74) is 0.847. The third-order valence-electron chi connectivity index (χ3n) is 2.50. The summed E-state index contributed by atoms with van der Waals surface area (Å²) in [4.78, 5) is 0. The first kappa shape index (κ1) is 13.7. The minimum Gasteiger partial charge on any atom is -0.206 e. The zero-order valence-corrected chi connectivity index (χ0v) is 11.7. The highest BCUT2D eigenvalue weighted by Crippen LogP contribution is 2.25. The fourth-order valence-corrected chi connectivity index (χ4v) is 4.56. The van der Waals surface area contributed by atoms with Gasteiger partial charge in [-0.1, -0.05) is 20.3 Å². The van der Waals surface area contributed by atoms with Crippen molar-refractivity contribution in [3.63, 3.8) is 0 Å². The van der Waals surface area contributed by atoms with Crippen LogP contribution < -0.4 is 0 Å². The standard InChI is InChI=1S/C11H19NO2S2/c1-4-6-8-12(5-2)16(13,14)11-10(3)7-9-15-11/h7,9H,4-6,8H2,1-3H3. The Morgan fingerprint density at radius 1 is 1.38 bits per heavy atom. The van der Waals surface area contributed by atoms with E-state index in [0.717, 1.165) is 18.4 Å². The first-order valence-corrected chi connectivity index (χ1v) is 7.90. The number of sulfonamides is 1. The van der Waals surface area contributed by atoms with E-state index in [1.165, 1.54) is 11.3 Å². The van der Waals surface area contributed by atoms with Crippen LogP contribution in [0, 0.1) is 6.92 Å². The van der Waals surface area contributed by atoms with Crippen LogP contribution in [0.5, 0.6) is 0 Å². The normalized spacial score (nSPS) is 12.2. The predicted octanol–water partition coefficient (Wildman–Crippen LogP) is 2.87. The van der Waals surface area contributed by atoms with E-state index in [1.807, 2.05) is 25.3 Å². The summed E-state index contributed by atoms with van der Waals surface area (Å²) in [7, 11) is -3.26. The number of hydrogen-bond acceptors (Lipinski definition) is 3. The minimum atomic E-state index is -3.26. The molecule has 0 amide bonds. The Kier molecular flexibility index (Phi) is 4.95. The molecule has 16 heavy (non-hydrogen) atoms. The summed E-state index contributed by atoms with van der Waals surface area (Å²) in [6.45, 7) is 6.95. The Balaban J connectivity index is 2.95. The van der Waals surface area contributed by atoms with Crippen LogP contribution in [0.25, 0.3) is 0 Å². The van der Waals surface area contributed by atoms with Crippen LogP contribution >= 0.6 is 11.3 Å². The molecule has 5 heteroatoms. The van der Waals surface area contributed by atoms with Crippen molar-refractivity contribution in [1.29, 1.82) is 0 Å². The van der Waals surface area contributed by atoms with Crippen molar-refractivity contribution in [3.05, 3.63) is 17.0 Å². The summed E-state index contributed by atoms with van der Waals surface area (Å²) < 4.78 is 26.6. The summed E-state index contributed by atoms with van der Waals surface area (Å²) in [6.07, 6.45) is 1.92. The van der Waals surface area contributed by atoms with Gasteiger partial charge in [0.25, 0.3) is 10.0 Å². The SMILES string of the molecule is CCCCN(CC)S(=O)(=O)c1sccc1C. The fourth-order valence-electron chi connectivity index (χ4n) is 1.52. The molecule has 0 saturated carbocycles. The van der Waals surface area contributed by atoms with E-state index in [0.29, 0.717) is 17.3 Å². The van der Waals surface area contributed by atoms with Crippen molar-refractivity contribution in [2.45, 2.75) is 37.8 Å². The quantitative estimate of drug-likeness (QED) is 0.789. The minimum absolute atomic E-state index is 0.491. The van der Waals surface area contributed by atoms with Crippen LogP contribution in [0.3, 0.4) is 0 Å². The van der Waals surface area contributed by atoms with Crippen molar-refractivity contribution in [2.75, 3.05) is 13.1 Å². The molecule has 0 aromatic carbocycles. The number of unbranched alkanes of at least 4 members (excludes halogenated alkanes) is 1. The van der Waals surface area contributed by atoms with Crippen molar-refractivity contribution >= 4 is 21.4 Å². The highest BCUT2D eigenvalue weighted by Gasteiger charge is 2.25. The second-order valence-corrected chi connectivity index (χ2v) is 6.79. The van der Waals surface area contributed by atoms with Crippen molar-refractivity contribution in [1.82, 2.24) is 4.31 Å². The Morgan fingerprint density at radius 3 is 2.50 bits per heavy atom. The van der Waals surface area contributed by atoms with Crippen LogP contribution in [-0.2, 0) is 10.0 Å². The van der Waals surface area contributed by atoms with Crippen LogP contribution in [0.2, 0.25) is 0 Å². The topological polar surface area (TPSA) is 37.4 Å². The van der Waals surface area contributed by atoms with Crippen LogP contribution in [0.1, 0.15) is 32.3 Å². The molecular formula is C11H19NO2S2. The third-order valence-corrected chi connectivity index (χ3v) is 6.14. The van der Waals surface area contributed by atoms with Crippen LogP contribution in [-0.4, -0.2) is 25.8 Å². The molecule has 0 unspecified atom stereocenters. The number of thiophene rings is 1. The number of rotatable bonds is 6. The van der Waals surface area contributed by atoms with E-state index in [1.54, 1.807) is 4.31 Å². The number of aryl methyl sites for hydroxylation is 1. The average molecular weight is 261 g/mol. The molecular weight excluding hydrogens is 242 g/mol. The first-order chi connectivity index (χ1) is 7.54. The molecule has 92 valence electrons. The molecule has 1 rings (SSSR count). The maximum atomic E-state index is 12.3. The van der Waals surface area contributed by atoms with Gasteiger partial charge >= 0.3 is 0 Å². The summed E-state index contributed by atoms with van der Waals surface area (Å²) in [5.74, 6) is 0. The molecule has 1 heterocycles. The van der Waals surface area contributed by atoms with Gasteiger partial charge in [-0.2, -0.15) is 4.31 Å². The Hall–Kier alpha value is -0.390. The maximum Gasteiger partial charge on any atom is 0.252 e. The molecule has 0 saturated heterocycles. The van der Waals surface area contributed by atoms with E-state index < -0.39 is 10.0 Å². The number of nitrogens with zero attached hydrogens (tertiary/aromatic N) is 1. The molecule has 0 aliphatic rings. The Bertz CT molecular complexity index is 423. The lowest BCUT2D eigenvalue weighted by molar-refractivity contribution is 0.420. The van der Waals surface area contributed by atoms with Gasteiger partial charge in [0.15, 0.2) is 0 Å². The van der Waals surface area contributed by atoms with Gasteiger partial charge in [0.05, 0.1) is 0 Å². The lowest BCUT2D eigenvalue weighted by atomic mass is 10.3. The average Bonchev–Trinajstić information content (AvgIpc) is 2.66. The van der Waals surface area contributed by atoms with E-state index in [9.17, 15) is 8.42 Å². The first-order valence-electron chi connectivity index (χ1n) is 5.58. The maximum absolute atomic E-state index is 12.3. The Morgan fingerprint density at radius 2 is 2.06 bits per heavy atom. The smallest absolute Gasteiger partial charge is 0.206 e. The molecule has 0 fully saturated rings. The fraction of sp³-hybridized carbons (Fsp3) is 0.636. The zero-order valence-electron chi connectivity index (χ0n) is 10.1. The second kappa shape index (κ2) is 5.80. The molecule has 0 aliphatic carbocycles. The molecule has 0 radical (unpaired) electrons. The number of hydrogen-bond donors (Lipinski definition) is 0. The van der Waals surface area contributed by atoms with Gasteiger partial charge in [-0.15, -0.1) is 11.3 Å². The van der Waals surface area contributed by atoms with Gasteiger partial charge in [-0.05, 0) is 30.4 Å². The highest BCUT2D eigenvalue weighted by atomic mass is 32.2. The largest absolute Gasteiger partial charge is 0.252 e. The monoisotopic (exact) mass is 261 g/mol. The highest BCUT2D eigenvalue weighted by molar-refractivity contribution is 7.91. The van der Waals surface area contributed by atoms with Gasteiger partial charge in [-0.25, -0.2) is 8.42 Å². The molecule has 0 atom stereocenters. The molecule has 0 N–H and O–H groups in total. The summed E-state index contributed by atoms with van der Waals surface area (Å²) in [6, 6.07) is 1.85. The third kappa shape index (κ3) is 2.84. The zero-order chi connectivity index (χ0) is 12.2. The lowest BCUT2D eigenvalue weighted by Crippen LogP contribution is -2.31. The lowest BCUT2D eigenvalue weighted by Gasteiger charge is -2.19. The van der Waals surface area contributed by atoms with Crippen LogP contribution in [0.4, 0.5) is 0 Å². The van der Waals surface area contributed by atoms with Gasteiger partial charge in [0.1, 0.15) is 4.21 Å². The van der Waals surface area contributed by atoms with Crippen molar-refractivity contribution in [3.8, 4) is 0 Å².